The first-order valence-corrected chi connectivity index (χ1v) is 5.34. The van der Waals surface area contributed by atoms with E-state index in [4.69, 9.17) is 9.47 Å². The van der Waals surface area contributed by atoms with Gasteiger partial charge in [0.15, 0.2) is 6.61 Å². The van der Waals surface area contributed by atoms with Gasteiger partial charge in [-0.05, 0) is 30.7 Å². The van der Waals surface area contributed by atoms with Crippen LogP contribution in [0.2, 0.25) is 0 Å². The summed E-state index contributed by atoms with van der Waals surface area (Å²) in [5.41, 5.74) is 0. The summed E-state index contributed by atoms with van der Waals surface area (Å²) >= 11 is 0. The lowest BCUT2D eigenvalue weighted by Gasteiger charge is -2.30. The van der Waals surface area contributed by atoms with E-state index in [0.29, 0.717) is 5.75 Å². The highest BCUT2D eigenvalue weighted by atomic mass is 16.5. The standard InChI is InChI=1S/C12H15NO3/c1-15-10-3-5-11(6-4-10)16-9-12(14)13-7-2-8-13/h3-6H,2,7-9H2,1H3. The van der Waals surface area contributed by atoms with E-state index < -0.39 is 0 Å². The molecule has 1 aromatic carbocycles. The summed E-state index contributed by atoms with van der Waals surface area (Å²) in [5, 5.41) is 0. The third-order valence-electron chi connectivity index (χ3n) is 2.63. The van der Waals surface area contributed by atoms with Crippen LogP contribution in [0.1, 0.15) is 6.42 Å². The Morgan fingerprint density at radius 3 is 2.38 bits per heavy atom. The molecule has 1 heterocycles. The topological polar surface area (TPSA) is 38.8 Å². The molecular formula is C12H15NO3. The average Bonchev–Trinajstić information content (AvgIpc) is 2.25. The molecule has 0 unspecified atom stereocenters. The predicted molar refractivity (Wildman–Crippen MR) is 59.7 cm³/mol. The summed E-state index contributed by atoms with van der Waals surface area (Å²) in [6.45, 7) is 1.85. The van der Waals surface area contributed by atoms with E-state index in [9.17, 15) is 4.79 Å². The number of rotatable bonds is 4. The van der Waals surface area contributed by atoms with Crippen LogP contribution in [0.15, 0.2) is 24.3 Å². The maximum atomic E-state index is 11.5. The number of hydrogen-bond acceptors (Lipinski definition) is 3. The average molecular weight is 221 g/mol. The zero-order chi connectivity index (χ0) is 11.4. The van der Waals surface area contributed by atoms with E-state index in [2.05, 4.69) is 0 Å². The normalized spacial score (nSPS) is 14.2. The molecular weight excluding hydrogens is 206 g/mol. The second-order valence-corrected chi connectivity index (χ2v) is 3.70. The summed E-state index contributed by atoms with van der Waals surface area (Å²) in [6.07, 6.45) is 1.11. The molecule has 0 radical (unpaired) electrons. The largest absolute Gasteiger partial charge is 0.497 e. The minimum absolute atomic E-state index is 0.0575. The highest BCUT2D eigenvalue weighted by molar-refractivity contribution is 5.78. The molecule has 2 rings (SSSR count). The Hall–Kier alpha value is -1.71. The molecule has 16 heavy (non-hydrogen) atoms. The third-order valence-corrected chi connectivity index (χ3v) is 2.63. The molecule has 0 N–H and O–H groups in total. The highest BCUT2D eigenvalue weighted by Crippen LogP contribution is 2.17. The Morgan fingerprint density at radius 2 is 1.88 bits per heavy atom. The smallest absolute Gasteiger partial charge is 0.260 e. The van der Waals surface area contributed by atoms with Crippen LogP contribution >= 0.6 is 0 Å². The van der Waals surface area contributed by atoms with Gasteiger partial charge in [-0.3, -0.25) is 4.79 Å². The highest BCUT2D eigenvalue weighted by Gasteiger charge is 2.20. The third kappa shape index (κ3) is 2.45. The number of carbonyl (C=O) groups is 1. The molecule has 1 fully saturated rings. The van der Waals surface area contributed by atoms with Crippen molar-refractivity contribution in [1.82, 2.24) is 4.90 Å². The molecule has 1 amide bonds. The van der Waals surface area contributed by atoms with Gasteiger partial charge in [-0.25, -0.2) is 0 Å². The fraction of sp³-hybridized carbons (Fsp3) is 0.417. The van der Waals surface area contributed by atoms with Crippen LogP contribution in [0.25, 0.3) is 0 Å². The summed E-state index contributed by atoms with van der Waals surface area (Å²) in [5.74, 6) is 1.53. The summed E-state index contributed by atoms with van der Waals surface area (Å²) in [6, 6.07) is 7.21. The second kappa shape index (κ2) is 4.88. The number of amides is 1. The Morgan fingerprint density at radius 1 is 1.25 bits per heavy atom. The molecule has 86 valence electrons. The minimum atomic E-state index is 0.0575. The van der Waals surface area contributed by atoms with E-state index in [1.54, 1.807) is 24.1 Å². The lowest BCUT2D eigenvalue weighted by atomic mass is 10.2. The maximum Gasteiger partial charge on any atom is 0.260 e. The maximum absolute atomic E-state index is 11.5. The molecule has 0 atom stereocenters. The monoisotopic (exact) mass is 221 g/mol. The molecule has 0 aliphatic carbocycles. The van der Waals surface area contributed by atoms with Crippen LogP contribution in [-0.4, -0.2) is 37.6 Å². The van der Waals surface area contributed by atoms with E-state index in [-0.39, 0.29) is 12.5 Å². The predicted octanol–water partition coefficient (Wildman–Crippen LogP) is 1.31. The summed E-state index contributed by atoms with van der Waals surface area (Å²) in [4.78, 5) is 13.3. The Kier molecular flexibility index (Phi) is 3.29. The van der Waals surface area contributed by atoms with Crippen molar-refractivity contribution in [2.45, 2.75) is 6.42 Å². The second-order valence-electron chi connectivity index (χ2n) is 3.70. The van der Waals surface area contributed by atoms with Gasteiger partial charge in [0.05, 0.1) is 7.11 Å². The molecule has 4 nitrogen and oxygen atoms in total. The SMILES string of the molecule is COc1ccc(OCC(=O)N2CCC2)cc1. The van der Waals surface area contributed by atoms with Gasteiger partial charge in [-0.2, -0.15) is 0 Å². The van der Waals surface area contributed by atoms with Gasteiger partial charge >= 0.3 is 0 Å². The first-order valence-electron chi connectivity index (χ1n) is 5.34. The number of benzene rings is 1. The first-order chi connectivity index (χ1) is 7.79. The lowest BCUT2D eigenvalue weighted by molar-refractivity contribution is -0.136. The Balaban J connectivity index is 1.81. The van der Waals surface area contributed by atoms with E-state index in [0.717, 1.165) is 25.3 Å². The van der Waals surface area contributed by atoms with Crippen LogP contribution in [0.4, 0.5) is 0 Å². The number of ether oxygens (including phenoxy) is 2. The molecule has 1 aromatic rings. The number of nitrogens with zero attached hydrogens (tertiary/aromatic N) is 1. The van der Waals surface area contributed by atoms with Crippen molar-refractivity contribution in [1.29, 1.82) is 0 Å². The quantitative estimate of drug-likeness (QED) is 0.769. The van der Waals surface area contributed by atoms with Gasteiger partial charge in [-0.1, -0.05) is 0 Å². The van der Waals surface area contributed by atoms with Crippen LogP contribution in [0.3, 0.4) is 0 Å². The molecule has 0 saturated carbocycles. The Bertz CT molecular complexity index is 357. The Labute approximate surface area is 94.8 Å². The van der Waals surface area contributed by atoms with Crippen molar-refractivity contribution in [2.75, 3.05) is 26.8 Å². The number of hydrogen-bond donors (Lipinski definition) is 0. The van der Waals surface area contributed by atoms with Crippen LogP contribution in [0, 0.1) is 0 Å². The number of likely N-dealkylation sites (tertiary alicyclic amines) is 1. The van der Waals surface area contributed by atoms with Gasteiger partial charge < -0.3 is 14.4 Å². The molecule has 0 aromatic heterocycles. The van der Waals surface area contributed by atoms with Crippen molar-refractivity contribution >= 4 is 5.91 Å². The zero-order valence-electron chi connectivity index (χ0n) is 9.31. The summed E-state index contributed by atoms with van der Waals surface area (Å²) in [7, 11) is 1.61. The van der Waals surface area contributed by atoms with E-state index in [1.165, 1.54) is 0 Å². The van der Waals surface area contributed by atoms with E-state index in [1.807, 2.05) is 12.1 Å². The summed E-state index contributed by atoms with van der Waals surface area (Å²) < 4.78 is 10.4. The van der Waals surface area contributed by atoms with Crippen molar-refractivity contribution in [3.63, 3.8) is 0 Å². The fourth-order valence-corrected chi connectivity index (χ4v) is 1.47. The molecule has 0 bridgehead atoms. The lowest BCUT2D eigenvalue weighted by Crippen LogP contribution is -2.44. The minimum Gasteiger partial charge on any atom is -0.497 e. The van der Waals surface area contributed by atoms with Crippen LogP contribution in [-0.2, 0) is 4.79 Å². The van der Waals surface area contributed by atoms with Gasteiger partial charge in [0.2, 0.25) is 0 Å². The first kappa shape index (κ1) is 10.8. The molecule has 1 aliphatic rings. The molecule has 1 saturated heterocycles. The molecule has 1 aliphatic heterocycles. The zero-order valence-corrected chi connectivity index (χ0v) is 9.31. The fourth-order valence-electron chi connectivity index (χ4n) is 1.47. The van der Waals surface area contributed by atoms with Crippen molar-refractivity contribution in [3.05, 3.63) is 24.3 Å². The van der Waals surface area contributed by atoms with Gasteiger partial charge in [0.25, 0.3) is 5.91 Å². The van der Waals surface area contributed by atoms with Gasteiger partial charge in [0.1, 0.15) is 11.5 Å². The number of carbonyl (C=O) groups excluding carboxylic acids is 1. The van der Waals surface area contributed by atoms with Crippen molar-refractivity contribution < 1.29 is 14.3 Å². The van der Waals surface area contributed by atoms with Gasteiger partial charge in [-0.15, -0.1) is 0 Å². The molecule has 0 spiro atoms. The van der Waals surface area contributed by atoms with Crippen molar-refractivity contribution in [3.8, 4) is 11.5 Å². The number of methoxy groups -OCH3 is 1. The van der Waals surface area contributed by atoms with E-state index >= 15 is 0 Å². The van der Waals surface area contributed by atoms with Crippen LogP contribution in [0.5, 0.6) is 11.5 Å². The van der Waals surface area contributed by atoms with Crippen LogP contribution < -0.4 is 9.47 Å². The molecule has 4 heteroatoms. The van der Waals surface area contributed by atoms with Crippen molar-refractivity contribution in [2.24, 2.45) is 0 Å². The van der Waals surface area contributed by atoms with Gasteiger partial charge in [0, 0.05) is 13.1 Å².